The first-order valence-corrected chi connectivity index (χ1v) is 13.6. The van der Waals surface area contributed by atoms with Gasteiger partial charge in [-0.3, -0.25) is 14.4 Å². The Labute approximate surface area is 253 Å². The van der Waals surface area contributed by atoms with Gasteiger partial charge in [0, 0.05) is 23.0 Å². The van der Waals surface area contributed by atoms with Crippen LogP contribution < -0.4 is 51.4 Å². The Bertz CT molecular complexity index is 1100. The number of aliphatic hydroxyl groups is 1. The predicted molar refractivity (Wildman–Crippen MR) is 121 cm³/mol. The molecule has 0 bridgehead atoms. The Kier molecular flexibility index (Phi) is 9.01. The molecule has 194 valence electrons. The fourth-order valence-corrected chi connectivity index (χ4v) is 8.33. The quantitative estimate of drug-likeness (QED) is 0.256. The molecule has 11 heteroatoms. The fourth-order valence-electron chi connectivity index (χ4n) is 7.91. The number of rotatable bonds is 6. The molecule has 36 heavy (non-hydrogen) atoms. The molecule has 8 nitrogen and oxygen atoms in total. The third-order valence-corrected chi connectivity index (χ3v) is 9.80. The van der Waals surface area contributed by atoms with Crippen molar-refractivity contribution >= 4 is 27.7 Å². The molecule has 0 aromatic rings. The van der Waals surface area contributed by atoms with Gasteiger partial charge in [-0.2, -0.15) is 0 Å². The number of ketones is 2. The van der Waals surface area contributed by atoms with Gasteiger partial charge in [0.15, 0.2) is 11.6 Å². The average molecular weight is 551 g/mol. The molecule has 3 unspecified atom stereocenters. The summed E-state index contributed by atoms with van der Waals surface area (Å²) in [5, 5.41) is 11.4. The standard InChI is InChI=1S/C25H33FO8S.K/c1-13-8-16-15-10-18(26)17-9-14(27)4-6-24(17,2)23(15)19(28)11-25(16,3)22(13)20(29)12-34-21(30)5-7-35(31,32)33;/h4,6,9,13,15-16,18-19,22-23,28H,5,7-8,10-12H2,1-3H3,(H,31,32,33);/q;+1/p-1/t13-,15?,16?,18+,19+,22-,23?,24+,25+;/m1./s1. The van der Waals surface area contributed by atoms with Crippen LogP contribution in [0.25, 0.3) is 0 Å². The molecular weight excluding hydrogens is 518 g/mol. The van der Waals surface area contributed by atoms with Crippen LogP contribution in [0.3, 0.4) is 0 Å². The van der Waals surface area contributed by atoms with Gasteiger partial charge in [0.05, 0.1) is 22.6 Å². The molecule has 0 heterocycles. The Morgan fingerprint density at radius 1 is 1.28 bits per heavy atom. The number of Topliss-reactive ketones (excluding diaryl/α,β-unsaturated/α-hetero) is 1. The second-order valence-electron chi connectivity index (χ2n) is 11.2. The van der Waals surface area contributed by atoms with Gasteiger partial charge in [0.2, 0.25) is 0 Å². The van der Waals surface area contributed by atoms with Crippen molar-refractivity contribution in [2.45, 2.75) is 58.7 Å². The van der Waals surface area contributed by atoms with E-state index in [0.29, 0.717) is 18.4 Å². The largest absolute Gasteiger partial charge is 1.00 e. The van der Waals surface area contributed by atoms with E-state index in [1.807, 2.05) is 20.8 Å². The van der Waals surface area contributed by atoms with Crippen molar-refractivity contribution in [1.29, 1.82) is 0 Å². The zero-order valence-corrected chi connectivity index (χ0v) is 25.0. The fraction of sp³-hybridized carbons (Fsp3) is 0.720. The van der Waals surface area contributed by atoms with Crippen LogP contribution in [0.1, 0.15) is 46.5 Å². The van der Waals surface area contributed by atoms with Crippen molar-refractivity contribution in [3.05, 3.63) is 23.8 Å². The Balaban J connectivity index is 0.00000361. The van der Waals surface area contributed by atoms with Crippen molar-refractivity contribution < 1.29 is 93.0 Å². The monoisotopic (exact) mass is 550 g/mol. The minimum atomic E-state index is -4.57. The number of aliphatic hydroxyl groups excluding tert-OH is 1. The van der Waals surface area contributed by atoms with Crippen LogP contribution in [0.2, 0.25) is 0 Å². The molecular formula is C25H32FKO8S. The Hall–Kier alpha value is -0.274. The third-order valence-electron chi connectivity index (χ3n) is 9.09. The average Bonchev–Trinajstić information content (AvgIpc) is 3.01. The predicted octanol–water partition coefficient (Wildman–Crippen LogP) is -0.873. The number of hydrogen-bond donors (Lipinski definition) is 1. The number of allylic oxidation sites excluding steroid dienone is 4. The third kappa shape index (κ3) is 5.41. The van der Waals surface area contributed by atoms with Crippen LogP contribution in [-0.4, -0.2) is 60.2 Å². The van der Waals surface area contributed by atoms with Crippen LogP contribution in [-0.2, 0) is 29.2 Å². The summed E-state index contributed by atoms with van der Waals surface area (Å²) in [6, 6.07) is 0. The van der Waals surface area contributed by atoms with Crippen LogP contribution in [0.4, 0.5) is 4.39 Å². The first-order valence-electron chi connectivity index (χ1n) is 12.1. The van der Waals surface area contributed by atoms with E-state index < -0.39 is 63.9 Å². The van der Waals surface area contributed by atoms with Gasteiger partial charge in [0.1, 0.15) is 12.8 Å². The number of halogens is 1. The molecule has 0 aromatic carbocycles. The maximum Gasteiger partial charge on any atom is 1.00 e. The molecule has 3 saturated carbocycles. The zero-order chi connectivity index (χ0) is 25.9. The number of alkyl halides is 1. The number of carbonyl (C=O) groups excluding carboxylic acids is 3. The topological polar surface area (TPSA) is 138 Å². The van der Waals surface area contributed by atoms with Gasteiger partial charge in [-0.05, 0) is 60.2 Å². The minimum absolute atomic E-state index is 0. The summed E-state index contributed by atoms with van der Waals surface area (Å²) in [5.74, 6) is -3.53. The van der Waals surface area contributed by atoms with E-state index in [1.54, 1.807) is 6.08 Å². The van der Waals surface area contributed by atoms with Gasteiger partial charge >= 0.3 is 57.4 Å². The maximum absolute atomic E-state index is 15.4. The van der Waals surface area contributed by atoms with Crippen LogP contribution in [0.5, 0.6) is 0 Å². The van der Waals surface area contributed by atoms with E-state index in [0.717, 1.165) is 0 Å². The SMILES string of the molecule is C[C@@H]1CC2C3C[C@H](F)C4=CC(=O)C=C[C@]4(C)C3[C@@H](O)C[C@]2(C)[C@H]1C(=O)COC(=O)CCS(=O)(=O)[O-].[K+]. The van der Waals surface area contributed by atoms with E-state index in [9.17, 15) is 32.5 Å². The van der Waals surface area contributed by atoms with Crippen molar-refractivity contribution in [1.82, 2.24) is 0 Å². The second kappa shape index (κ2) is 10.7. The first kappa shape index (κ1) is 30.3. The molecule has 3 fully saturated rings. The minimum Gasteiger partial charge on any atom is -0.748 e. The van der Waals surface area contributed by atoms with Gasteiger partial charge in [-0.15, -0.1) is 0 Å². The van der Waals surface area contributed by atoms with E-state index in [-0.39, 0.29) is 93.0 Å². The van der Waals surface area contributed by atoms with E-state index in [1.165, 1.54) is 12.2 Å². The summed E-state index contributed by atoms with van der Waals surface area (Å²) >= 11 is 0. The zero-order valence-electron chi connectivity index (χ0n) is 21.1. The summed E-state index contributed by atoms with van der Waals surface area (Å²) in [6.07, 6.45) is 2.94. The van der Waals surface area contributed by atoms with Gasteiger partial charge in [-0.25, -0.2) is 12.8 Å². The first-order chi connectivity index (χ1) is 16.2. The molecule has 0 spiro atoms. The summed E-state index contributed by atoms with van der Waals surface area (Å²) < 4.78 is 52.5. The van der Waals surface area contributed by atoms with Gasteiger partial charge < -0.3 is 14.4 Å². The van der Waals surface area contributed by atoms with Crippen molar-refractivity contribution in [3.63, 3.8) is 0 Å². The molecule has 0 aliphatic heterocycles. The summed E-state index contributed by atoms with van der Waals surface area (Å²) in [7, 11) is -4.57. The van der Waals surface area contributed by atoms with Crippen LogP contribution >= 0.6 is 0 Å². The smallest absolute Gasteiger partial charge is 0.748 e. The molecule has 0 saturated heterocycles. The molecule has 0 amide bonds. The van der Waals surface area contributed by atoms with Crippen molar-refractivity contribution in [2.24, 2.45) is 40.4 Å². The Morgan fingerprint density at radius 3 is 2.58 bits per heavy atom. The number of hydrogen-bond acceptors (Lipinski definition) is 8. The number of ether oxygens (including phenoxy) is 1. The Morgan fingerprint density at radius 2 is 1.94 bits per heavy atom. The van der Waals surface area contributed by atoms with E-state index >= 15 is 4.39 Å². The molecule has 4 rings (SSSR count). The molecule has 0 aromatic heterocycles. The van der Waals surface area contributed by atoms with Crippen molar-refractivity contribution in [3.8, 4) is 0 Å². The molecule has 4 aliphatic rings. The van der Waals surface area contributed by atoms with Crippen LogP contribution in [0.15, 0.2) is 23.8 Å². The van der Waals surface area contributed by atoms with Gasteiger partial charge in [-0.1, -0.05) is 26.8 Å². The summed E-state index contributed by atoms with van der Waals surface area (Å²) in [4.78, 5) is 37.0. The number of fused-ring (bicyclic) bond motifs is 5. The normalized spacial score (nSPS) is 41.3. The van der Waals surface area contributed by atoms with E-state index in [2.05, 4.69) is 0 Å². The van der Waals surface area contributed by atoms with E-state index in [4.69, 9.17) is 4.74 Å². The molecule has 0 radical (unpaired) electrons. The number of esters is 1. The molecule has 9 atom stereocenters. The molecule has 4 aliphatic carbocycles. The summed E-state index contributed by atoms with van der Waals surface area (Å²) in [6.45, 7) is 5.21. The molecule has 1 N–H and O–H groups in total. The van der Waals surface area contributed by atoms with Crippen molar-refractivity contribution in [2.75, 3.05) is 12.4 Å². The number of carbonyl (C=O) groups is 3. The maximum atomic E-state index is 15.4. The van der Waals surface area contributed by atoms with Gasteiger partial charge in [0.25, 0.3) is 0 Å². The van der Waals surface area contributed by atoms with Crippen LogP contribution in [0, 0.1) is 40.4 Å². The summed E-state index contributed by atoms with van der Waals surface area (Å²) in [5.41, 5.74) is -0.993. The second-order valence-corrected chi connectivity index (χ2v) is 12.7.